The Labute approximate surface area is 144 Å². The van der Waals surface area contributed by atoms with Crippen LogP contribution in [0.25, 0.3) is 10.9 Å². The molecule has 2 N–H and O–H groups in total. The average molecular weight is 347 g/mol. The number of hydrogen-bond acceptors (Lipinski definition) is 4. The Bertz CT molecular complexity index is 896. The first kappa shape index (κ1) is 16.9. The van der Waals surface area contributed by atoms with Gasteiger partial charge in [-0.1, -0.05) is 0 Å². The molecular weight excluding hydrogens is 326 g/mol. The van der Waals surface area contributed by atoms with Crippen LogP contribution in [0.2, 0.25) is 0 Å². The van der Waals surface area contributed by atoms with Gasteiger partial charge in [0, 0.05) is 32.9 Å². The minimum absolute atomic E-state index is 0.138. The first-order valence-corrected chi connectivity index (χ1v) is 8.37. The maximum absolute atomic E-state index is 12.4. The fourth-order valence-electron chi connectivity index (χ4n) is 2.83. The summed E-state index contributed by atoms with van der Waals surface area (Å²) in [6.07, 6.45) is 3.21. The summed E-state index contributed by atoms with van der Waals surface area (Å²) in [4.78, 5) is 27.6. The van der Waals surface area contributed by atoms with Crippen LogP contribution in [0, 0.1) is 10.2 Å². The maximum atomic E-state index is 12.4. The Hall–Kier alpha value is -1.99. The molecule has 1 aromatic heterocycles. The normalized spacial score (nSPS) is 15.4. The summed E-state index contributed by atoms with van der Waals surface area (Å²) in [5, 5.41) is 3.51. The van der Waals surface area contributed by atoms with Crippen LogP contribution in [0.3, 0.4) is 0 Å². The molecule has 1 heterocycles. The van der Waals surface area contributed by atoms with Crippen LogP contribution in [0.5, 0.6) is 0 Å². The summed E-state index contributed by atoms with van der Waals surface area (Å²) >= 11 is 5.12. The number of carbonyl (C=O) groups is 1. The van der Waals surface area contributed by atoms with E-state index in [-0.39, 0.29) is 16.9 Å². The molecule has 1 saturated carbocycles. The standard InChI is InChI=1S/C17H21N3O3S/c1-20-15(22)12-4-3-11(9-13(12)19-16(20)24)14(21)18-10-17(5-6-17)7-8-23-2/h3-4,9H,5-8,10H2,1-2H3,(H,18,21)(H,19,24). The van der Waals surface area contributed by atoms with Gasteiger partial charge in [0.1, 0.15) is 0 Å². The van der Waals surface area contributed by atoms with Gasteiger partial charge in [0.05, 0.1) is 10.9 Å². The number of hydrogen-bond donors (Lipinski definition) is 2. The van der Waals surface area contributed by atoms with Gasteiger partial charge in [-0.3, -0.25) is 14.2 Å². The minimum atomic E-state index is -0.169. The number of aromatic amines is 1. The molecule has 1 aliphatic carbocycles. The molecule has 3 rings (SSSR count). The molecule has 0 aliphatic heterocycles. The van der Waals surface area contributed by atoms with E-state index in [2.05, 4.69) is 10.3 Å². The number of fused-ring (bicyclic) bond motifs is 1. The second-order valence-electron chi connectivity index (χ2n) is 6.48. The summed E-state index contributed by atoms with van der Waals surface area (Å²) in [6.45, 7) is 1.37. The predicted octanol–water partition coefficient (Wildman–Crippen LogP) is 2.14. The maximum Gasteiger partial charge on any atom is 0.261 e. The van der Waals surface area contributed by atoms with Crippen LogP contribution in [-0.4, -0.2) is 35.7 Å². The van der Waals surface area contributed by atoms with Gasteiger partial charge in [-0.15, -0.1) is 0 Å². The molecule has 1 aromatic carbocycles. The fourth-order valence-corrected chi connectivity index (χ4v) is 3.02. The largest absolute Gasteiger partial charge is 0.385 e. The lowest BCUT2D eigenvalue weighted by Crippen LogP contribution is -2.31. The molecule has 6 nitrogen and oxygen atoms in total. The van der Waals surface area contributed by atoms with E-state index in [1.54, 1.807) is 32.4 Å². The molecule has 1 fully saturated rings. The van der Waals surface area contributed by atoms with E-state index >= 15 is 0 Å². The number of rotatable bonds is 6. The summed E-state index contributed by atoms with van der Waals surface area (Å²) in [7, 11) is 3.31. The van der Waals surface area contributed by atoms with Crippen molar-refractivity contribution in [2.24, 2.45) is 12.5 Å². The van der Waals surface area contributed by atoms with E-state index < -0.39 is 0 Å². The number of ether oxygens (including phenoxy) is 1. The third kappa shape index (κ3) is 3.27. The van der Waals surface area contributed by atoms with E-state index in [9.17, 15) is 9.59 Å². The van der Waals surface area contributed by atoms with Crippen molar-refractivity contribution in [3.05, 3.63) is 38.9 Å². The number of aromatic nitrogens is 2. The van der Waals surface area contributed by atoms with Gasteiger partial charge in [-0.05, 0) is 55.1 Å². The predicted molar refractivity (Wildman–Crippen MR) is 94.9 cm³/mol. The molecule has 0 saturated heterocycles. The highest BCUT2D eigenvalue weighted by atomic mass is 32.1. The number of amides is 1. The molecule has 2 aromatic rings. The highest BCUT2D eigenvalue weighted by Gasteiger charge is 2.42. The molecule has 1 aliphatic rings. The average Bonchev–Trinajstić information content (AvgIpc) is 3.36. The van der Waals surface area contributed by atoms with Crippen LogP contribution in [-0.2, 0) is 11.8 Å². The Morgan fingerprint density at radius 2 is 2.21 bits per heavy atom. The van der Waals surface area contributed by atoms with E-state index in [0.717, 1.165) is 19.3 Å². The van der Waals surface area contributed by atoms with Crippen molar-refractivity contribution >= 4 is 29.0 Å². The first-order valence-electron chi connectivity index (χ1n) is 7.96. The van der Waals surface area contributed by atoms with Crippen molar-refractivity contribution in [2.75, 3.05) is 20.3 Å². The number of nitrogens with zero attached hydrogens (tertiary/aromatic N) is 1. The van der Waals surface area contributed by atoms with Crippen molar-refractivity contribution in [1.82, 2.24) is 14.9 Å². The van der Waals surface area contributed by atoms with Crippen molar-refractivity contribution in [1.29, 1.82) is 0 Å². The fraction of sp³-hybridized carbons (Fsp3) is 0.471. The summed E-state index contributed by atoms with van der Waals surface area (Å²) in [5.41, 5.74) is 1.12. The highest BCUT2D eigenvalue weighted by Crippen LogP contribution is 2.48. The molecule has 0 unspecified atom stereocenters. The smallest absolute Gasteiger partial charge is 0.261 e. The first-order chi connectivity index (χ1) is 11.5. The molecule has 7 heteroatoms. The molecule has 0 atom stereocenters. The lowest BCUT2D eigenvalue weighted by atomic mass is 10.0. The van der Waals surface area contributed by atoms with E-state index in [1.165, 1.54) is 4.57 Å². The minimum Gasteiger partial charge on any atom is -0.385 e. The van der Waals surface area contributed by atoms with Crippen molar-refractivity contribution in [2.45, 2.75) is 19.3 Å². The van der Waals surface area contributed by atoms with Crippen LogP contribution in [0.1, 0.15) is 29.6 Å². The SMILES string of the molecule is COCCC1(CNC(=O)c2ccc3c(=O)n(C)c(=S)[nH]c3c2)CC1. The summed E-state index contributed by atoms with van der Waals surface area (Å²) < 4.78 is 6.84. The zero-order valence-corrected chi connectivity index (χ0v) is 14.7. The Balaban J connectivity index is 1.77. The van der Waals surface area contributed by atoms with Gasteiger partial charge in [0.2, 0.25) is 0 Å². The van der Waals surface area contributed by atoms with Gasteiger partial charge < -0.3 is 15.0 Å². The van der Waals surface area contributed by atoms with Crippen LogP contribution < -0.4 is 10.9 Å². The topological polar surface area (TPSA) is 76.1 Å². The number of carbonyl (C=O) groups excluding carboxylic acids is 1. The van der Waals surface area contributed by atoms with E-state index in [0.29, 0.717) is 34.4 Å². The Kier molecular flexibility index (Phi) is 4.56. The molecule has 24 heavy (non-hydrogen) atoms. The van der Waals surface area contributed by atoms with Gasteiger partial charge >= 0.3 is 0 Å². The summed E-state index contributed by atoms with van der Waals surface area (Å²) in [6, 6.07) is 5.01. The van der Waals surface area contributed by atoms with E-state index in [1.807, 2.05) is 0 Å². The van der Waals surface area contributed by atoms with Gasteiger partial charge in [0.25, 0.3) is 11.5 Å². The lowest BCUT2D eigenvalue weighted by Gasteiger charge is -2.15. The monoisotopic (exact) mass is 347 g/mol. The highest BCUT2D eigenvalue weighted by molar-refractivity contribution is 7.71. The Morgan fingerprint density at radius 1 is 1.46 bits per heavy atom. The third-order valence-corrected chi connectivity index (χ3v) is 5.16. The number of H-pyrrole nitrogens is 1. The number of nitrogens with one attached hydrogen (secondary N) is 2. The quantitative estimate of drug-likeness (QED) is 0.785. The molecular formula is C17H21N3O3S. The van der Waals surface area contributed by atoms with E-state index in [4.69, 9.17) is 17.0 Å². The molecule has 1 amide bonds. The number of methoxy groups -OCH3 is 1. The van der Waals surface area contributed by atoms with Crippen LogP contribution >= 0.6 is 12.2 Å². The number of benzene rings is 1. The molecule has 128 valence electrons. The van der Waals surface area contributed by atoms with Gasteiger partial charge in [-0.2, -0.15) is 0 Å². The zero-order valence-electron chi connectivity index (χ0n) is 13.8. The molecule has 0 bridgehead atoms. The second-order valence-corrected chi connectivity index (χ2v) is 6.87. The third-order valence-electron chi connectivity index (χ3n) is 4.78. The van der Waals surface area contributed by atoms with Gasteiger partial charge in [-0.25, -0.2) is 0 Å². The van der Waals surface area contributed by atoms with Crippen molar-refractivity contribution in [3.63, 3.8) is 0 Å². The van der Waals surface area contributed by atoms with Gasteiger partial charge in [0.15, 0.2) is 4.77 Å². The zero-order chi connectivity index (χ0) is 17.3. The summed E-state index contributed by atoms with van der Waals surface area (Å²) in [5.74, 6) is -0.138. The van der Waals surface area contributed by atoms with Crippen molar-refractivity contribution in [3.8, 4) is 0 Å². The lowest BCUT2D eigenvalue weighted by molar-refractivity contribution is 0.0938. The second kappa shape index (κ2) is 6.49. The van der Waals surface area contributed by atoms with Crippen LogP contribution in [0.15, 0.2) is 23.0 Å². The van der Waals surface area contributed by atoms with Crippen molar-refractivity contribution < 1.29 is 9.53 Å². The van der Waals surface area contributed by atoms with Crippen LogP contribution in [0.4, 0.5) is 0 Å². The molecule has 0 radical (unpaired) electrons. The molecule has 0 spiro atoms. The Morgan fingerprint density at radius 3 is 2.88 bits per heavy atom.